The first kappa shape index (κ1) is 28.1. The predicted octanol–water partition coefficient (Wildman–Crippen LogP) is 3.78. The third-order valence-corrected chi connectivity index (χ3v) is 9.33. The first-order valence-corrected chi connectivity index (χ1v) is 15.0. The molecule has 2 saturated heterocycles. The van der Waals surface area contributed by atoms with Crippen LogP contribution >= 0.6 is 0 Å². The topological polar surface area (TPSA) is 127 Å². The zero-order valence-corrected chi connectivity index (χ0v) is 23.7. The number of hydrogen-bond donors (Lipinski definition) is 1. The van der Waals surface area contributed by atoms with Gasteiger partial charge in [0.15, 0.2) is 11.5 Å². The summed E-state index contributed by atoms with van der Waals surface area (Å²) in [6, 6.07) is 11.9. The fourth-order valence-corrected chi connectivity index (χ4v) is 6.74. The van der Waals surface area contributed by atoms with Crippen LogP contribution in [0.1, 0.15) is 38.0 Å². The molecule has 1 aromatic heterocycles. The molecule has 11 nitrogen and oxygen atoms in total. The van der Waals surface area contributed by atoms with Crippen molar-refractivity contribution in [2.75, 3.05) is 45.7 Å². The molecule has 3 heterocycles. The third kappa shape index (κ3) is 6.29. The van der Waals surface area contributed by atoms with Crippen LogP contribution in [-0.4, -0.2) is 74.1 Å². The number of nitrogens with one attached hydrogen (secondary N) is 1. The summed E-state index contributed by atoms with van der Waals surface area (Å²) in [6.45, 7) is 2.93. The lowest BCUT2D eigenvalue weighted by Gasteiger charge is -2.30. The third-order valence-electron chi connectivity index (χ3n) is 7.42. The fourth-order valence-electron chi connectivity index (χ4n) is 5.22. The van der Waals surface area contributed by atoms with Gasteiger partial charge in [0.1, 0.15) is 0 Å². The highest BCUT2D eigenvalue weighted by molar-refractivity contribution is 7.89. The number of piperidine rings is 2. The van der Waals surface area contributed by atoms with Crippen molar-refractivity contribution in [1.82, 2.24) is 19.3 Å². The minimum absolute atomic E-state index is 0.0899. The van der Waals surface area contributed by atoms with E-state index < -0.39 is 10.0 Å². The highest BCUT2D eigenvalue weighted by Gasteiger charge is 2.28. The number of aromatic nitrogens is 2. The molecule has 2 aromatic carbocycles. The van der Waals surface area contributed by atoms with Crippen molar-refractivity contribution in [2.24, 2.45) is 5.92 Å². The van der Waals surface area contributed by atoms with Crippen molar-refractivity contribution in [1.29, 1.82) is 0 Å². The number of benzene rings is 2. The lowest BCUT2D eigenvalue weighted by atomic mass is 9.97. The molecule has 5 rings (SSSR count). The Kier molecular flexibility index (Phi) is 8.67. The number of likely N-dealkylation sites (tertiary alicyclic amines) is 1. The second-order valence-electron chi connectivity index (χ2n) is 10.1. The summed E-state index contributed by atoms with van der Waals surface area (Å²) in [6.07, 6.45) is 4.46. The average Bonchev–Trinajstić information content (AvgIpc) is 3.46. The summed E-state index contributed by atoms with van der Waals surface area (Å²) >= 11 is 0. The zero-order chi connectivity index (χ0) is 28.1. The van der Waals surface area contributed by atoms with Gasteiger partial charge in [0.2, 0.25) is 27.6 Å². The predicted molar refractivity (Wildman–Crippen MR) is 149 cm³/mol. The van der Waals surface area contributed by atoms with Crippen molar-refractivity contribution in [3.63, 3.8) is 0 Å². The first-order valence-electron chi connectivity index (χ1n) is 13.6. The standard InChI is InChI=1S/C28H35N5O6S/c1-37-24-13-8-20(17-25(24)38-2)27-30-26(39-31-27)19-32-14-6-7-21(18-32)28(34)29-22-9-11-23(12-10-22)40(35,36)33-15-4-3-5-16-33/h8-13,17,21H,3-7,14-16,18-19H2,1-2H3,(H,29,34). The molecule has 0 spiro atoms. The van der Waals surface area contributed by atoms with Gasteiger partial charge >= 0.3 is 0 Å². The second kappa shape index (κ2) is 12.4. The van der Waals surface area contributed by atoms with E-state index in [1.807, 2.05) is 6.07 Å². The van der Waals surface area contributed by atoms with Gasteiger partial charge in [0.25, 0.3) is 0 Å². The van der Waals surface area contributed by atoms with E-state index in [0.717, 1.165) is 44.2 Å². The minimum Gasteiger partial charge on any atom is -0.493 e. The van der Waals surface area contributed by atoms with Crippen LogP contribution in [0.15, 0.2) is 51.9 Å². The van der Waals surface area contributed by atoms with Crippen LogP contribution in [0.25, 0.3) is 11.4 Å². The molecule has 2 fully saturated rings. The van der Waals surface area contributed by atoms with Gasteiger partial charge in [-0.2, -0.15) is 9.29 Å². The fraction of sp³-hybridized carbons (Fsp3) is 0.464. The van der Waals surface area contributed by atoms with Crippen LogP contribution in [0.2, 0.25) is 0 Å². The van der Waals surface area contributed by atoms with Gasteiger partial charge in [-0.3, -0.25) is 9.69 Å². The Morgan fingerprint density at radius 1 is 1.00 bits per heavy atom. The van der Waals surface area contributed by atoms with Gasteiger partial charge in [-0.15, -0.1) is 0 Å². The van der Waals surface area contributed by atoms with E-state index in [4.69, 9.17) is 14.0 Å². The Bertz CT molecular complexity index is 1420. The summed E-state index contributed by atoms with van der Waals surface area (Å²) in [5.74, 6) is 1.82. The number of rotatable bonds is 9. The Balaban J connectivity index is 1.17. The van der Waals surface area contributed by atoms with Crippen molar-refractivity contribution in [3.8, 4) is 22.9 Å². The van der Waals surface area contributed by atoms with Gasteiger partial charge in [0.05, 0.1) is 31.6 Å². The molecule has 0 saturated carbocycles. The molecule has 12 heteroatoms. The number of hydrogen-bond acceptors (Lipinski definition) is 9. The Morgan fingerprint density at radius 3 is 2.48 bits per heavy atom. The molecule has 40 heavy (non-hydrogen) atoms. The average molecular weight is 570 g/mol. The van der Waals surface area contributed by atoms with Crippen LogP contribution in [-0.2, 0) is 21.4 Å². The maximum absolute atomic E-state index is 13.1. The molecule has 0 radical (unpaired) electrons. The Morgan fingerprint density at radius 2 is 1.75 bits per heavy atom. The lowest BCUT2D eigenvalue weighted by molar-refractivity contribution is -0.121. The smallest absolute Gasteiger partial charge is 0.243 e. The summed E-state index contributed by atoms with van der Waals surface area (Å²) in [5, 5.41) is 7.07. The monoisotopic (exact) mass is 569 g/mol. The van der Waals surface area contributed by atoms with Crippen LogP contribution in [0, 0.1) is 5.92 Å². The number of anilines is 1. The molecule has 214 valence electrons. The maximum atomic E-state index is 13.1. The molecule has 0 bridgehead atoms. The molecule has 3 aromatic rings. The molecule has 2 aliphatic rings. The number of methoxy groups -OCH3 is 2. The van der Waals surface area contributed by atoms with E-state index in [2.05, 4.69) is 20.4 Å². The molecule has 2 aliphatic heterocycles. The van der Waals surface area contributed by atoms with Crippen molar-refractivity contribution in [2.45, 2.75) is 43.5 Å². The normalized spacial score (nSPS) is 18.8. The van der Waals surface area contributed by atoms with E-state index in [-0.39, 0.29) is 16.7 Å². The van der Waals surface area contributed by atoms with Crippen LogP contribution in [0.5, 0.6) is 11.5 Å². The van der Waals surface area contributed by atoms with E-state index in [0.29, 0.717) is 55.1 Å². The van der Waals surface area contributed by atoms with Gasteiger partial charge in [-0.05, 0) is 74.7 Å². The SMILES string of the molecule is COc1ccc(-c2noc(CN3CCCC(C(=O)Nc4ccc(S(=O)(=O)N5CCCCC5)cc4)C3)n2)cc1OC. The first-order chi connectivity index (χ1) is 19.4. The van der Waals surface area contributed by atoms with Crippen molar-refractivity contribution >= 4 is 21.6 Å². The number of sulfonamides is 1. The zero-order valence-electron chi connectivity index (χ0n) is 22.8. The molecule has 1 unspecified atom stereocenters. The summed E-state index contributed by atoms with van der Waals surface area (Å²) in [4.78, 5) is 20.0. The molecular formula is C28H35N5O6S. The van der Waals surface area contributed by atoms with E-state index in [1.165, 1.54) is 0 Å². The van der Waals surface area contributed by atoms with E-state index in [1.54, 1.807) is 54.9 Å². The molecule has 1 amide bonds. The Labute approximate surface area is 234 Å². The van der Waals surface area contributed by atoms with Gasteiger partial charge < -0.3 is 19.3 Å². The van der Waals surface area contributed by atoms with Crippen LogP contribution < -0.4 is 14.8 Å². The quantitative estimate of drug-likeness (QED) is 0.410. The van der Waals surface area contributed by atoms with Crippen molar-refractivity contribution < 1.29 is 27.2 Å². The number of amides is 1. The number of carbonyl (C=O) groups excluding carboxylic acids is 1. The number of ether oxygens (including phenoxy) is 2. The van der Waals surface area contributed by atoms with Gasteiger partial charge in [-0.1, -0.05) is 11.6 Å². The van der Waals surface area contributed by atoms with Crippen LogP contribution in [0.3, 0.4) is 0 Å². The highest BCUT2D eigenvalue weighted by Crippen LogP contribution is 2.31. The largest absolute Gasteiger partial charge is 0.493 e. The molecule has 1 N–H and O–H groups in total. The molecule has 1 atom stereocenters. The highest BCUT2D eigenvalue weighted by atomic mass is 32.2. The summed E-state index contributed by atoms with van der Waals surface area (Å²) < 4.78 is 43.5. The van der Waals surface area contributed by atoms with Crippen molar-refractivity contribution in [3.05, 3.63) is 48.4 Å². The van der Waals surface area contributed by atoms with Gasteiger partial charge in [0, 0.05) is 30.9 Å². The summed E-state index contributed by atoms with van der Waals surface area (Å²) in [5.41, 5.74) is 1.33. The summed E-state index contributed by atoms with van der Waals surface area (Å²) in [7, 11) is -0.355. The van der Waals surface area contributed by atoms with E-state index in [9.17, 15) is 13.2 Å². The maximum Gasteiger partial charge on any atom is 0.243 e. The minimum atomic E-state index is -3.51. The number of carbonyl (C=O) groups is 1. The second-order valence-corrected chi connectivity index (χ2v) is 12.1. The van der Waals surface area contributed by atoms with Crippen LogP contribution in [0.4, 0.5) is 5.69 Å². The molecule has 0 aliphatic carbocycles. The molecular weight excluding hydrogens is 534 g/mol. The van der Waals surface area contributed by atoms with Gasteiger partial charge in [-0.25, -0.2) is 8.42 Å². The van der Waals surface area contributed by atoms with E-state index >= 15 is 0 Å². The number of nitrogens with zero attached hydrogens (tertiary/aromatic N) is 4. The lowest BCUT2D eigenvalue weighted by Crippen LogP contribution is -2.40. The Hall–Kier alpha value is -3.48.